The molecule has 2 aliphatic rings. The third-order valence-electron chi connectivity index (χ3n) is 11.0. The lowest BCUT2D eigenvalue weighted by Gasteiger charge is -2.31. The van der Waals surface area contributed by atoms with Crippen LogP contribution in [0.3, 0.4) is 0 Å². The summed E-state index contributed by atoms with van der Waals surface area (Å²) in [5.74, 6) is 0. The fourth-order valence-electron chi connectivity index (χ4n) is 8.94. The molecule has 0 fully saturated rings. The highest BCUT2D eigenvalue weighted by Gasteiger charge is 2.32. The molecule has 2 unspecified atom stereocenters. The molecule has 0 aliphatic carbocycles. The number of hydrogen-bond acceptors (Lipinski definition) is 2. The van der Waals surface area contributed by atoms with Crippen LogP contribution >= 0.6 is 0 Å². The summed E-state index contributed by atoms with van der Waals surface area (Å²) < 4.78 is 0. The van der Waals surface area contributed by atoms with E-state index in [0.29, 0.717) is 12.1 Å². The van der Waals surface area contributed by atoms with Crippen molar-refractivity contribution in [1.29, 1.82) is 0 Å². The molecule has 0 N–H and O–H groups in total. The summed E-state index contributed by atoms with van der Waals surface area (Å²) in [5.41, 5.74) is 13.2. The molecule has 0 bridgehead atoms. The SMILES string of the molecule is CC1Cc2ccccc2N1c1ccc2c(-c3ccccc3)cc3c(N4c5ccccc5CC4C)cc(-c4ccccc4)c4ccc1c2c43. The summed E-state index contributed by atoms with van der Waals surface area (Å²) in [5, 5.41) is 7.97. The van der Waals surface area contributed by atoms with Gasteiger partial charge in [-0.3, -0.25) is 0 Å². The second-order valence-electron chi connectivity index (χ2n) is 13.8. The van der Waals surface area contributed by atoms with Crippen molar-refractivity contribution < 1.29 is 0 Å². The Morgan fingerprint density at radius 1 is 0.396 bits per heavy atom. The molecule has 8 aromatic carbocycles. The van der Waals surface area contributed by atoms with E-state index in [0.717, 1.165) is 12.8 Å². The van der Waals surface area contributed by atoms with Crippen molar-refractivity contribution in [2.75, 3.05) is 9.80 Å². The molecule has 0 aromatic heterocycles. The largest absolute Gasteiger partial charge is 0.338 e. The van der Waals surface area contributed by atoms with Gasteiger partial charge in [-0.1, -0.05) is 115 Å². The number of rotatable bonds is 4. The first-order valence-corrected chi connectivity index (χ1v) is 17.3. The maximum Gasteiger partial charge on any atom is 0.0500 e. The van der Waals surface area contributed by atoms with Gasteiger partial charge in [0.1, 0.15) is 0 Å². The standard InChI is InChI=1S/C46H36N2/c1-29-25-33-17-9-11-19-41(33)47(29)43-24-23-36-38(31-13-5-3-6-14-31)27-40-44(48-30(2)26-34-18-10-12-20-42(34)48)28-39(32-15-7-4-8-16-32)35-21-22-37(43)45(36)46(35)40/h3-24,27-30H,25-26H2,1-2H3. The van der Waals surface area contributed by atoms with Gasteiger partial charge in [-0.25, -0.2) is 0 Å². The van der Waals surface area contributed by atoms with E-state index in [9.17, 15) is 0 Å². The minimum absolute atomic E-state index is 0.349. The monoisotopic (exact) mass is 616 g/mol. The number of nitrogens with zero attached hydrogens (tertiary/aromatic N) is 2. The second-order valence-corrected chi connectivity index (χ2v) is 13.8. The topological polar surface area (TPSA) is 6.48 Å². The predicted molar refractivity (Wildman–Crippen MR) is 205 cm³/mol. The molecule has 0 spiro atoms. The summed E-state index contributed by atoms with van der Waals surface area (Å²) >= 11 is 0. The van der Waals surface area contributed by atoms with Crippen molar-refractivity contribution in [3.8, 4) is 22.3 Å². The molecule has 8 aromatic rings. The molecule has 2 nitrogen and oxygen atoms in total. The van der Waals surface area contributed by atoms with Crippen molar-refractivity contribution in [3.05, 3.63) is 157 Å². The molecule has 0 amide bonds. The van der Waals surface area contributed by atoms with Crippen LogP contribution in [0.2, 0.25) is 0 Å². The molecule has 230 valence electrons. The average Bonchev–Trinajstić information content (AvgIpc) is 3.65. The molecule has 0 saturated heterocycles. The van der Waals surface area contributed by atoms with Gasteiger partial charge in [0.05, 0.1) is 0 Å². The lowest BCUT2D eigenvalue weighted by molar-refractivity contribution is 0.761. The summed E-state index contributed by atoms with van der Waals surface area (Å²) in [4.78, 5) is 5.20. The zero-order chi connectivity index (χ0) is 31.9. The molecule has 0 radical (unpaired) electrons. The van der Waals surface area contributed by atoms with Gasteiger partial charge >= 0.3 is 0 Å². The van der Waals surface area contributed by atoms with Crippen LogP contribution in [0.4, 0.5) is 22.7 Å². The van der Waals surface area contributed by atoms with Crippen LogP contribution in [-0.4, -0.2) is 12.1 Å². The lowest BCUT2D eigenvalue weighted by atomic mass is 9.84. The first-order valence-electron chi connectivity index (χ1n) is 17.3. The number of fused-ring (bicyclic) bond motifs is 2. The van der Waals surface area contributed by atoms with Crippen molar-refractivity contribution in [1.82, 2.24) is 0 Å². The van der Waals surface area contributed by atoms with Gasteiger partial charge in [0.2, 0.25) is 0 Å². The Hall–Kier alpha value is -5.60. The third kappa shape index (κ3) is 3.93. The number of hydrogen-bond donors (Lipinski definition) is 0. The maximum atomic E-state index is 2.61. The van der Waals surface area contributed by atoms with E-state index in [-0.39, 0.29) is 0 Å². The fraction of sp³-hybridized carbons (Fsp3) is 0.130. The Morgan fingerprint density at radius 2 is 0.854 bits per heavy atom. The van der Waals surface area contributed by atoms with Crippen LogP contribution < -0.4 is 9.80 Å². The zero-order valence-electron chi connectivity index (χ0n) is 27.3. The minimum Gasteiger partial charge on any atom is -0.338 e. The van der Waals surface area contributed by atoms with Gasteiger partial charge in [0, 0.05) is 56.4 Å². The molecule has 2 heterocycles. The summed E-state index contributed by atoms with van der Waals surface area (Å²) in [6, 6.07) is 55.2. The fourth-order valence-corrected chi connectivity index (χ4v) is 8.94. The smallest absolute Gasteiger partial charge is 0.0500 e. The van der Waals surface area contributed by atoms with Crippen molar-refractivity contribution in [2.24, 2.45) is 0 Å². The van der Waals surface area contributed by atoms with Gasteiger partial charge < -0.3 is 9.80 Å². The highest BCUT2D eigenvalue weighted by atomic mass is 15.2. The van der Waals surface area contributed by atoms with E-state index in [1.165, 1.54) is 88.4 Å². The molecule has 0 saturated carbocycles. The normalized spacial score (nSPS) is 17.1. The Morgan fingerprint density at radius 3 is 1.46 bits per heavy atom. The molecular weight excluding hydrogens is 581 g/mol. The van der Waals surface area contributed by atoms with Crippen molar-refractivity contribution >= 4 is 55.1 Å². The molecule has 2 aliphatic heterocycles. The summed E-state index contributed by atoms with van der Waals surface area (Å²) in [6.45, 7) is 4.74. The van der Waals surface area contributed by atoms with Gasteiger partial charge in [-0.15, -0.1) is 0 Å². The van der Waals surface area contributed by atoms with Gasteiger partial charge in [0.25, 0.3) is 0 Å². The summed E-state index contributed by atoms with van der Waals surface area (Å²) in [6.07, 6.45) is 2.10. The first kappa shape index (κ1) is 27.5. The molecule has 2 heteroatoms. The van der Waals surface area contributed by atoms with E-state index < -0.39 is 0 Å². The van der Waals surface area contributed by atoms with Crippen LogP contribution in [0.5, 0.6) is 0 Å². The Bertz CT molecular complexity index is 2490. The quantitative estimate of drug-likeness (QED) is 0.182. The molecule has 48 heavy (non-hydrogen) atoms. The third-order valence-corrected chi connectivity index (χ3v) is 11.0. The number of benzene rings is 8. The highest BCUT2D eigenvalue weighted by molar-refractivity contribution is 6.32. The summed E-state index contributed by atoms with van der Waals surface area (Å²) in [7, 11) is 0. The molecule has 10 rings (SSSR count). The van der Waals surface area contributed by atoms with Gasteiger partial charge in [-0.05, 0) is 101 Å². The van der Waals surface area contributed by atoms with Gasteiger partial charge in [-0.2, -0.15) is 0 Å². The van der Waals surface area contributed by atoms with Crippen LogP contribution in [-0.2, 0) is 12.8 Å². The molecular formula is C46H36N2. The first-order chi connectivity index (χ1) is 23.7. The lowest BCUT2D eigenvalue weighted by Crippen LogP contribution is -2.24. The minimum atomic E-state index is 0.349. The number of anilines is 4. The second kappa shape index (κ2) is 10.5. The Labute approximate surface area is 281 Å². The number of para-hydroxylation sites is 2. The Kier molecular flexibility index (Phi) is 5.99. The zero-order valence-corrected chi connectivity index (χ0v) is 27.3. The molecule has 2 atom stereocenters. The van der Waals surface area contributed by atoms with Crippen LogP contribution in [0.15, 0.2) is 146 Å². The van der Waals surface area contributed by atoms with Crippen LogP contribution in [0.25, 0.3) is 54.6 Å². The Balaban J connectivity index is 1.37. The van der Waals surface area contributed by atoms with Crippen LogP contribution in [0.1, 0.15) is 25.0 Å². The van der Waals surface area contributed by atoms with Crippen molar-refractivity contribution in [3.63, 3.8) is 0 Å². The van der Waals surface area contributed by atoms with E-state index in [2.05, 4.69) is 169 Å². The predicted octanol–water partition coefficient (Wildman–Crippen LogP) is 12.1. The van der Waals surface area contributed by atoms with E-state index in [1.807, 2.05) is 0 Å². The highest BCUT2D eigenvalue weighted by Crippen LogP contribution is 2.52. The maximum absolute atomic E-state index is 2.61. The van der Waals surface area contributed by atoms with E-state index >= 15 is 0 Å². The average molecular weight is 617 g/mol. The van der Waals surface area contributed by atoms with E-state index in [4.69, 9.17) is 0 Å². The van der Waals surface area contributed by atoms with Gasteiger partial charge in [0.15, 0.2) is 0 Å². The van der Waals surface area contributed by atoms with E-state index in [1.54, 1.807) is 0 Å². The van der Waals surface area contributed by atoms with Crippen LogP contribution in [0, 0.1) is 0 Å². The van der Waals surface area contributed by atoms with Crippen molar-refractivity contribution in [2.45, 2.75) is 38.8 Å².